The van der Waals surface area contributed by atoms with Crippen LogP contribution in [0.4, 0.5) is 16.2 Å². The van der Waals surface area contributed by atoms with E-state index in [9.17, 15) is 4.79 Å². The van der Waals surface area contributed by atoms with Crippen LogP contribution in [0.25, 0.3) is 0 Å². The number of rotatable bonds is 3. The highest BCUT2D eigenvalue weighted by Crippen LogP contribution is 2.18. The Hall–Kier alpha value is -2.49. The first-order valence-corrected chi connectivity index (χ1v) is 8.62. The van der Waals surface area contributed by atoms with E-state index in [1.807, 2.05) is 17.0 Å². The van der Waals surface area contributed by atoms with E-state index in [0.29, 0.717) is 0 Å². The number of hydrogen-bond donors (Lipinski definition) is 1. The lowest BCUT2D eigenvalue weighted by Crippen LogP contribution is -2.50. The van der Waals surface area contributed by atoms with E-state index in [0.717, 1.165) is 38.3 Å². The van der Waals surface area contributed by atoms with Crippen LogP contribution in [0, 0.1) is 6.92 Å². The van der Waals surface area contributed by atoms with Gasteiger partial charge in [0.05, 0.1) is 0 Å². The Morgan fingerprint density at radius 3 is 2.17 bits per heavy atom. The Balaban J connectivity index is 1.53. The van der Waals surface area contributed by atoms with Crippen LogP contribution in [0.1, 0.15) is 18.1 Å². The van der Waals surface area contributed by atoms with Crippen LogP contribution in [0.15, 0.2) is 48.5 Å². The van der Waals surface area contributed by atoms with Gasteiger partial charge in [-0.1, -0.05) is 36.8 Å². The summed E-state index contributed by atoms with van der Waals surface area (Å²) in [4.78, 5) is 16.6. The molecule has 1 aliphatic heterocycles. The van der Waals surface area contributed by atoms with E-state index < -0.39 is 0 Å². The number of hydrogen-bond acceptors (Lipinski definition) is 2. The molecule has 0 atom stereocenters. The Bertz CT molecular complexity index is 671. The Labute approximate surface area is 144 Å². The van der Waals surface area contributed by atoms with Crippen molar-refractivity contribution >= 4 is 17.4 Å². The number of urea groups is 1. The van der Waals surface area contributed by atoms with Crippen LogP contribution in [-0.4, -0.2) is 37.1 Å². The summed E-state index contributed by atoms with van der Waals surface area (Å²) in [5.74, 6) is 0. The van der Waals surface area contributed by atoms with Crippen LogP contribution in [-0.2, 0) is 6.42 Å². The lowest BCUT2D eigenvalue weighted by Gasteiger charge is -2.36. The minimum atomic E-state index is -0.0113. The second-order valence-corrected chi connectivity index (χ2v) is 6.29. The number of carbonyl (C=O) groups excluding carboxylic acids is 1. The molecule has 1 N–H and O–H groups in total. The molecule has 2 aromatic rings. The van der Waals surface area contributed by atoms with Gasteiger partial charge in [-0.3, -0.25) is 0 Å². The first-order chi connectivity index (χ1) is 11.7. The van der Waals surface area contributed by atoms with Gasteiger partial charge in [0.2, 0.25) is 0 Å². The topological polar surface area (TPSA) is 35.6 Å². The molecule has 0 spiro atoms. The van der Waals surface area contributed by atoms with Crippen molar-refractivity contribution in [2.75, 3.05) is 36.4 Å². The van der Waals surface area contributed by atoms with E-state index in [-0.39, 0.29) is 6.03 Å². The smallest absolute Gasteiger partial charge is 0.321 e. The van der Waals surface area contributed by atoms with E-state index in [4.69, 9.17) is 0 Å². The van der Waals surface area contributed by atoms with Crippen LogP contribution in [0.2, 0.25) is 0 Å². The fraction of sp³-hybridized carbons (Fsp3) is 0.350. The molecule has 0 radical (unpaired) electrons. The third kappa shape index (κ3) is 3.88. The molecule has 0 saturated carbocycles. The molecule has 0 unspecified atom stereocenters. The van der Waals surface area contributed by atoms with Crippen LogP contribution in [0.5, 0.6) is 0 Å². The molecule has 0 aromatic heterocycles. The zero-order valence-electron chi connectivity index (χ0n) is 14.5. The molecule has 1 aliphatic rings. The SMILES string of the molecule is CCc1ccc(NC(=O)N2CCN(c3ccc(C)cc3)CC2)cc1. The van der Waals surface area contributed by atoms with Gasteiger partial charge in [0.1, 0.15) is 0 Å². The molecule has 1 heterocycles. The quantitative estimate of drug-likeness (QED) is 0.929. The standard InChI is InChI=1S/C20H25N3O/c1-3-17-6-8-18(9-7-17)21-20(24)23-14-12-22(13-15-23)19-10-4-16(2)5-11-19/h4-11H,3,12-15H2,1-2H3,(H,21,24). The molecule has 1 fully saturated rings. The summed E-state index contributed by atoms with van der Waals surface area (Å²) in [7, 11) is 0. The Morgan fingerprint density at radius 1 is 0.958 bits per heavy atom. The minimum Gasteiger partial charge on any atom is -0.368 e. The third-order valence-corrected chi connectivity index (χ3v) is 4.58. The van der Waals surface area contributed by atoms with Crippen molar-refractivity contribution in [3.8, 4) is 0 Å². The zero-order valence-corrected chi connectivity index (χ0v) is 14.5. The summed E-state index contributed by atoms with van der Waals surface area (Å²) >= 11 is 0. The van der Waals surface area contributed by atoms with Gasteiger partial charge < -0.3 is 15.1 Å². The second kappa shape index (κ2) is 7.39. The summed E-state index contributed by atoms with van der Waals surface area (Å²) in [6.07, 6.45) is 1.01. The predicted octanol–water partition coefficient (Wildman–Crippen LogP) is 3.91. The van der Waals surface area contributed by atoms with Gasteiger partial charge in [0.25, 0.3) is 0 Å². The fourth-order valence-corrected chi connectivity index (χ4v) is 2.95. The van der Waals surface area contributed by atoms with Gasteiger partial charge in [-0.05, 0) is 43.2 Å². The number of piperazine rings is 1. The average molecular weight is 323 g/mol. The monoisotopic (exact) mass is 323 g/mol. The van der Waals surface area contributed by atoms with Crippen molar-refractivity contribution in [1.82, 2.24) is 4.90 Å². The summed E-state index contributed by atoms with van der Waals surface area (Å²) in [6, 6.07) is 16.6. The van der Waals surface area contributed by atoms with Gasteiger partial charge in [0.15, 0.2) is 0 Å². The normalized spacial score (nSPS) is 14.6. The number of aryl methyl sites for hydroxylation is 2. The summed E-state index contributed by atoms with van der Waals surface area (Å²) in [6.45, 7) is 7.44. The van der Waals surface area contributed by atoms with Crippen molar-refractivity contribution in [3.05, 3.63) is 59.7 Å². The number of carbonyl (C=O) groups is 1. The highest BCUT2D eigenvalue weighted by molar-refractivity contribution is 5.89. The first-order valence-electron chi connectivity index (χ1n) is 8.62. The maximum Gasteiger partial charge on any atom is 0.321 e. The molecule has 2 amide bonds. The van der Waals surface area contributed by atoms with Crippen LogP contribution < -0.4 is 10.2 Å². The minimum absolute atomic E-state index is 0.0113. The van der Waals surface area contributed by atoms with Gasteiger partial charge in [-0.2, -0.15) is 0 Å². The van der Waals surface area contributed by atoms with E-state index in [1.54, 1.807) is 0 Å². The lowest BCUT2D eigenvalue weighted by molar-refractivity contribution is 0.208. The first kappa shape index (κ1) is 16.4. The molecule has 3 rings (SSSR count). The van der Waals surface area contributed by atoms with Gasteiger partial charge in [-0.15, -0.1) is 0 Å². The van der Waals surface area contributed by atoms with Gasteiger partial charge >= 0.3 is 6.03 Å². The molecule has 0 bridgehead atoms. The third-order valence-electron chi connectivity index (χ3n) is 4.58. The molecule has 0 aliphatic carbocycles. The Morgan fingerprint density at radius 2 is 1.58 bits per heavy atom. The maximum absolute atomic E-state index is 12.4. The lowest BCUT2D eigenvalue weighted by atomic mass is 10.1. The molecule has 4 nitrogen and oxygen atoms in total. The molecular formula is C20H25N3O. The second-order valence-electron chi connectivity index (χ2n) is 6.29. The number of anilines is 2. The number of nitrogens with one attached hydrogen (secondary N) is 1. The van der Waals surface area contributed by atoms with Gasteiger partial charge in [-0.25, -0.2) is 4.79 Å². The van der Waals surface area contributed by atoms with Crippen molar-refractivity contribution in [2.24, 2.45) is 0 Å². The molecule has 4 heteroatoms. The number of benzene rings is 2. The van der Waals surface area contributed by atoms with Crippen LogP contribution >= 0.6 is 0 Å². The predicted molar refractivity (Wildman–Crippen MR) is 99.8 cm³/mol. The van der Waals surface area contributed by atoms with Crippen molar-refractivity contribution in [2.45, 2.75) is 20.3 Å². The van der Waals surface area contributed by atoms with E-state index >= 15 is 0 Å². The molecule has 2 aromatic carbocycles. The fourth-order valence-electron chi connectivity index (χ4n) is 2.95. The highest BCUT2D eigenvalue weighted by atomic mass is 16.2. The number of nitrogens with zero attached hydrogens (tertiary/aromatic N) is 2. The van der Waals surface area contributed by atoms with Crippen molar-refractivity contribution in [3.63, 3.8) is 0 Å². The molecular weight excluding hydrogens is 298 g/mol. The average Bonchev–Trinajstić information content (AvgIpc) is 2.63. The maximum atomic E-state index is 12.4. The van der Waals surface area contributed by atoms with Crippen molar-refractivity contribution < 1.29 is 4.79 Å². The number of amides is 2. The molecule has 1 saturated heterocycles. The molecule has 24 heavy (non-hydrogen) atoms. The van der Waals surface area contributed by atoms with E-state index in [2.05, 4.69) is 60.5 Å². The van der Waals surface area contributed by atoms with E-state index in [1.165, 1.54) is 16.8 Å². The summed E-state index contributed by atoms with van der Waals surface area (Å²) in [5, 5.41) is 2.99. The zero-order chi connectivity index (χ0) is 16.9. The Kier molecular flexibility index (Phi) is 5.04. The van der Waals surface area contributed by atoms with Crippen LogP contribution in [0.3, 0.4) is 0 Å². The molecule has 126 valence electrons. The summed E-state index contributed by atoms with van der Waals surface area (Å²) < 4.78 is 0. The highest BCUT2D eigenvalue weighted by Gasteiger charge is 2.21. The van der Waals surface area contributed by atoms with Gasteiger partial charge in [0, 0.05) is 37.6 Å². The largest absolute Gasteiger partial charge is 0.368 e. The summed E-state index contributed by atoms with van der Waals surface area (Å²) in [5.41, 5.74) is 4.64. The van der Waals surface area contributed by atoms with Crippen molar-refractivity contribution in [1.29, 1.82) is 0 Å².